The molecule has 68 heavy (non-hydrogen) atoms. The lowest BCUT2D eigenvalue weighted by Crippen LogP contribution is -2.17. The lowest BCUT2D eigenvalue weighted by Gasteiger charge is -2.20. The average molecular weight is 872 g/mol. The first-order valence-corrected chi connectivity index (χ1v) is 23.4. The van der Waals surface area contributed by atoms with E-state index in [-0.39, 0.29) is 5.92 Å². The van der Waals surface area contributed by atoms with Crippen LogP contribution in [0.1, 0.15) is 30.0 Å². The first-order chi connectivity index (χ1) is 33.6. The predicted molar refractivity (Wildman–Crippen MR) is 284 cm³/mol. The van der Waals surface area contributed by atoms with Gasteiger partial charge in [0.2, 0.25) is 0 Å². The van der Waals surface area contributed by atoms with Gasteiger partial charge < -0.3 is 13.4 Å². The summed E-state index contributed by atoms with van der Waals surface area (Å²) >= 11 is 0. The Kier molecular flexibility index (Phi) is 8.56. The molecule has 0 spiro atoms. The molecule has 0 fully saturated rings. The molecule has 0 saturated heterocycles. The monoisotopic (exact) mass is 871 g/mol. The zero-order chi connectivity index (χ0) is 44.9. The number of rotatable bonds is 5. The van der Waals surface area contributed by atoms with Gasteiger partial charge in [0.15, 0.2) is 5.84 Å². The molecule has 320 valence electrons. The van der Waals surface area contributed by atoms with E-state index >= 15 is 0 Å². The normalized spacial score (nSPS) is 15.4. The third kappa shape index (κ3) is 6.09. The van der Waals surface area contributed by atoms with Crippen LogP contribution in [0.3, 0.4) is 0 Å². The van der Waals surface area contributed by atoms with E-state index in [1.54, 1.807) is 0 Å². The van der Waals surface area contributed by atoms with E-state index in [4.69, 9.17) is 18.8 Å². The number of hydrogen-bond acceptors (Lipinski definition) is 4. The minimum Gasteiger partial charge on any atom is -0.456 e. The Bertz CT molecular complexity index is 4310. The molecular weight excluding hydrogens is 831 g/mol. The maximum Gasteiger partial charge on any atom is 0.160 e. The van der Waals surface area contributed by atoms with Gasteiger partial charge in [-0.3, -0.25) is 0 Å². The number of aromatic nitrogens is 1. The molecule has 0 N–H and O–H groups in total. The molecule has 0 amide bonds. The smallest absolute Gasteiger partial charge is 0.160 e. The molecule has 13 aromatic rings. The van der Waals surface area contributed by atoms with Gasteiger partial charge in [0.1, 0.15) is 22.3 Å². The van der Waals surface area contributed by atoms with E-state index < -0.39 is 0 Å². The van der Waals surface area contributed by atoms with Crippen LogP contribution in [-0.2, 0) is 0 Å². The molecule has 5 heteroatoms. The summed E-state index contributed by atoms with van der Waals surface area (Å²) in [5, 5.41) is 11.4. The van der Waals surface area contributed by atoms with Gasteiger partial charge >= 0.3 is 0 Å². The summed E-state index contributed by atoms with van der Waals surface area (Å²) in [6.07, 6.45) is 3.05. The number of nitrogens with zero attached hydrogens (tertiary/aromatic N) is 3. The van der Waals surface area contributed by atoms with Gasteiger partial charge in [-0.25, -0.2) is 9.98 Å². The molecule has 3 aromatic heterocycles. The quantitative estimate of drug-likeness (QED) is 0.173. The average Bonchev–Trinajstić information content (AvgIpc) is 4.06. The first-order valence-electron chi connectivity index (χ1n) is 23.4. The number of furan rings is 2. The van der Waals surface area contributed by atoms with Crippen LogP contribution in [0.15, 0.2) is 231 Å². The molecule has 1 atom stereocenters. The number of para-hydroxylation sites is 2. The zero-order valence-corrected chi connectivity index (χ0v) is 37.1. The van der Waals surface area contributed by atoms with Crippen molar-refractivity contribution < 1.29 is 8.83 Å². The molecule has 0 saturated carbocycles. The van der Waals surface area contributed by atoms with Crippen LogP contribution in [0.2, 0.25) is 0 Å². The zero-order valence-electron chi connectivity index (χ0n) is 37.1. The highest BCUT2D eigenvalue weighted by molar-refractivity contribution is 6.21. The number of amidine groups is 1. The maximum atomic E-state index is 6.86. The minimum atomic E-state index is 0.0360. The summed E-state index contributed by atoms with van der Waals surface area (Å²) < 4.78 is 15.6. The number of allylic oxidation sites excluding steroid dienone is 1. The summed E-state index contributed by atoms with van der Waals surface area (Å²) in [5.41, 5.74) is 13.7. The Morgan fingerprint density at radius 2 is 1.12 bits per heavy atom. The molecule has 10 aromatic carbocycles. The van der Waals surface area contributed by atoms with Crippen molar-refractivity contribution in [1.29, 1.82) is 0 Å². The van der Waals surface area contributed by atoms with Crippen LogP contribution in [0.25, 0.3) is 110 Å². The van der Waals surface area contributed by atoms with Crippen molar-refractivity contribution in [3.8, 4) is 16.8 Å². The Morgan fingerprint density at radius 1 is 0.426 bits per heavy atom. The van der Waals surface area contributed by atoms with Crippen molar-refractivity contribution >= 4 is 104 Å². The van der Waals surface area contributed by atoms with E-state index in [9.17, 15) is 0 Å². The van der Waals surface area contributed by atoms with Gasteiger partial charge in [-0.05, 0) is 105 Å². The van der Waals surface area contributed by atoms with E-state index in [2.05, 4.69) is 212 Å². The first kappa shape index (κ1) is 38.5. The Balaban J connectivity index is 1.06. The van der Waals surface area contributed by atoms with Crippen molar-refractivity contribution in [2.24, 2.45) is 15.9 Å². The van der Waals surface area contributed by atoms with E-state index in [0.29, 0.717) is 12.3 Å². The van der Waals surface area contributed by atoms with Crippen LogP contribution < -0.4 is 0 Å². The molecule has 1 aliphatic heterocycles. The van der Waals surface area contributed by atoms with Crippen molar-refractivity contribution in [2.75, 3.05) is 0 Å². The Hall–Kier alpha value is -8.80. The summed E-state index contributed by atoms with van der Waals surface area (Å²) in [4.78, 5) is 11.4. The van der Waals surface area contributed by atoms with Gasteiger partial charge in [0.25, 0.3) is 0 Å². The second kappa shape index (κ2) is 15.1. The van der Waals surface area contributed by atoms with Crippen LogP contribution in [0, 0.1) is 5.92 Å². The SMILES string of the molecule is CC1C/C=C(\c2cc3c(cc2-n2c4ccccc4c4cc5ccccc5cc42)oc2ccc4ccccc4c23)N=C(c2cccc(-c3ccccc3)c2)N=C1c1ccc2oc3ccccc3c2c1. The van der Waals surface area contributed by atoms with Crippen LogP contribution in [0.5, 0.6) is 0 Å². The van der Waals surface area contributed by atoms with Crippen molar-refractivity contribution in [3.63, 3.8) is 0 Å². The standard InChI is InChI=1S/C63H41N3O2/c1-38-26-29-53(64-63(45-20-13-19-41(32-45)39-14-3-2-4-15-39)65-62(38)44-28-30-58-50(34-44)48-23-10-12-25-57(48)67-58)51-36-52-60(68-59-31-27-40-16-7-8-21-46(40)61(52)59)37-56(51)66-54-24-11-9-22-47(54)49-33-42-17-5-6-18-43(42)35-55(49)66/h2-25,27-38H,26H2,1H3/b53-29+,64-63?,65-62?. The Labute approximate surface area is 391 Å². The van der Waals surface area contributed by atoms with Gasteiger partial charge in [-0.2, -0.15) is 0 Å². The molecule has 4 heterocycles. The third-order valence-electron chi connectivity index (χ3n) is 14.0. The molecule has 1 aliphatic rings. The summed E-state index contributed by atoms with van der Waals surface area (Å²) in [7, 11) is 0. The number of hydrogen-bond donors (Lipinski definition) is 0. The van der Waals surface area contributed by atoms with Crippen LogP contribution in [-0.4, -0.2) is 16.1 Å². The lowest BCUT2D eigenvalue weighted by atomic mass is 9.92. The maximum absolute atomic E-state index is 6.86. The number of aliphatic imine (C=N–C) groups is 2. The van der Waals surface area contributed by atoms with Crippen molar-refractivity contribution in [3.05, 3.63) is 229 Å². The highest BCUT2D eigenvalue weighted by Gasteiger charge is 2.25. The van der Waals surface area contributed by atoms with Gasteiger partial charge in [0, 0.05) is 55.4 Å². The molecule has 5 nitrogen and oxygen atoms in total. The van der Waals surface area contributed by atoms with Crippen LogP contribution >= 0.6 is 0 Å². The number of benzene rings is 10. The summed E-state index contributed by atoms with van der Waals surface area (Å²) in [6, 6.07) is 73.4. The second-order valence-corrected chi connectivity index (χ2v) is 18.1. The molecule has 0 bridgehead atoms. The Morgan fingerprint density at radius 3 is 2.00 bits per heavy atom. The molecular formula is C63H41N3O2. The highest BCUT2D eigenvalue weighted by Crippen LogP contribution is 2.43. The lowest BCUT2D eigenvalue weighted by molar-refractivity contribution is 0.668. The summed E-state index contributed by atoms with van der Waals surface area (Å²) in [5.74, 6) is 0.684. The fourth-order valence-corrected chi connectivity index (χ4v) is 10.7. The second-order valence-electron chi connectivity index (χ2n) is 18.1. The molecule has 1 unspecified atom stereocenters. The molecule has 0 radical (unpaired) electrons. The fraction of sp³-hybridized carbons (Fsp3) is 0.0476. The van der Waals surface area contributed by atoms with Crippen LogP contribution in [0.4, 0.5) is 0 Å². The van der Waals surface area contributed by atoms with Gasteiger partial charge in [-0.15, -0.1) is 0 Å². The minimum absolute atomic E-state index is 0.0360. The predicted octanol–water partition coefficient (Wildman–Crippen LogP) is 16.9. The third-order valence-corrected chi connectivity index (χ3v) is 14.0. The molecule has 14 rings (SSSR count). The van der Waals surface area contributed by atoms with E-state index in [0.717, 1.165) is 105 Å². The number of fused-ring (bicyclic) bond motifs is 12. The topological polar surface area (TPSA) is 55.9 Å². The fourth-order valence-electron chi connectivity index (χ4n) is 10.7. The summed E-state index contributed by atoms with van der Waals surface area (Å²) in [6.45, 7) is 2.28. The van der Waals surface area contributed by atoms with Gasteiger partial charge in [0.05, 0.1) is 28.1 Å². The van der Waals surface area contributed by atoms with Crippen molar-refractivity contribution in [2.45, 2.75) is 13.3 Å². The highest BCUT2D eigenvalue weighted by atomic mass is 16.3. The van der Waals surface area contributed by atoms with E-state index in [1.165, 1.54) is 26.9 Å². The van der Waals surface area contributed by atoms with Gasteiger partial charge in [-0.1, -0.05) is 153 Å². The van der Waals surface area contributed by atoms with Crippen molar-refractivity contribution in [1.82, 2.24) is 4.57 Å². The largest absolute Gasteiger partial charge is 0.456 e. The van der Waals surface area contributed by atoms with E-state index in [1.807, 2.05) is 12.1 Å². The molecule has 0 aliphatic carbocycles.